The van der Waals surface area contributed by atoms with Crippen LogP contribution >= 0.6 is 11.8 Å². The van der Waals surface area contributed by atoms with Crippen LogP contribution in [0.3, 0.4) is 0 Å². The standard InChI is InChI=1S/C13H12N2O3S/c1-18-8-2-4-9(5-3-8)19-12-10(14)6-7-11(15-12)13(16)17/h2-7H,14H2,1H3,(H,16,17). The molecular weight excluding hydrogens is 264 g/mol. The molecule has 0 aliphatic heterocycles. The third-order valence-corrected chi connectivity index (χ3v) is 3.41. The molecule has 0 aliphatic rings. The van der Waals surface area contributed by atoms with Crippen molar-refractivity contribution in [1.29, 1.82) is 0 Å². The fourth-order valence-corrected chi connectivity index (χ4v) is 2.23. The number of nitrogen functional groups attached to an aromatic ring is 1. The van der Waals surface area contributed by atoms with E-state index in [-0.39, 0.29) is 5.69 Å². The lowest BCUT2D eigenvalue weighted by Gasteiger charge is -2.06. The first-order chi connectivity index (χ1) is 9.10. The summed E-state index contributed by atoms with van der Waals surface area (Å²) in [4.78, 5) is 15.8. The summed E-state index contributed by atoms with van der Waals surface area (Å²) in [6.45, 7) is 0. The summed E-state index contributed by atoms with van der Waals surface area (Å²) in [6, 6.07) is 10.3. The van der Waals surface area contributed by atoms with E-state index < -0.39 is 5.97 Å². The molecule has 19 heavy (non-hydrogen) atoms. The Bertz CT molecular complexity index is 599. The molecule has 2 rings (SSSR count). The van der Waals surface area contributed by atoms with Crippen molar-refractivity contribution in [3.05, 3.63) is 42.1 Å². The van der Waals surface area contributed by atoms with Crippen LogP contribution in [0.2, 0.25) is 0 Å². The highest BCUT2D eigenvalue weighted by Gasteiger charge is 2.10. The van der Waals surface area contributed by atoms with Gasteiger partial charge in [0.25, 0.3) is 0 Å². The van der Waals surface area contributed by atoms with Crippen LogP contribution in [0.15, 0.2) is 46.3 Å². The number of nitrogens with two attached hydrogens (primary N) is 1. The van der Waals surface area contributed by atoms with Crippen LogP contribution in [0.25, 0.3) is 0 Å². The number of hydrogen-bond acceptors (Lipinski definition) is 5. The molecule has 0 saturated heterocycles. The number of methoxy groups -OCH3 is 1. The Balaban J connectivity index is 2.26. The summed E-state index contributed by atoms with van der Waals surface area (Å²) >= 11 is 1.31. The zero-order chi connectivity index (χ0) is 13.8. The van der Waals surface area contributed by atoms with Gasteiger partial charge in [-0.05, 0) is 36.4 Å². The molecule has 1 heterocycles. The Labute approximate surface area is 114 Å². The monoisotopic (exact) mass is 276 g/mol. The van der Waals surface area contributed by atoms with Crippen LogP contribution in [0.1, 0.15) is 10.5 Å². The molecule has 0 radical (unpaired) electrons. The molecule has 98 valence electrons. The lowest BCUT2D eigenvalue weighted by atomic mass is 10.3. The summed E-state index contributed by atoms with van der Waals surface area (Å²) in [5.74, 6) is -0.318. The molecule has 0 bridgehead atoms. The average molecular weight is 276 g/mol. The van der Waals surface area contributed by atoms with E-state index in [1.165, 1.54) is 17.8 Å². The predicted octanol–water partition coefficient (Wildman–Crippen LogP) is 2.52. The highest BCUT2D eigenvalue weighted by molar-refractivity contribution is 7.99. The van der Waals surface area contributed by atoms with Gasteiger partial charge >= 0.3 is 5.97 Å². The summed E-state index contributed by atoms with van der Waals surface area (Å²) in [5, 5.41) is 9.38. The van der Waals surface area contributed by atoms with Crippen LogP contribution in [-0.2, 0) is 0 Å². The second-order valence-corrected chi connectivity index (χ2v) is 4.74. The smallest absolute Gasteiger partial charge is 0.354 e. The van der Waals surface area contributed by atoms with Gasteiger partial charge in [0.15, 0.2) is 0 Å². The van der Waals surface area contributed by atoms with E-state index in [2.05, 4.69) is 4.98 Å². The van der Waals surface area contributed by atoms with Gasteiger partial charge in [-0.2, -0.15) is 0 Å². The number of carbonyl (C=O) groups is 1. The number of nitrogens with zero attached hydrogens (tertiary/aromatic N) is 1. The van der Waals surface area contributed by atoms with Gasteiger partial charge in [0.1, 0.15) is 16.5 Å². The van der Waals surface area contributed by atoms with Gasteiger partial charge in [0.05, 0.1) is 12.8 Å². The molecule has 0 unspecified atom stereocenters. The first kappa shape index (κ1) is 13.2. The fraction of sp³-hybridized carbons (Fsp3) is 0.0769. The van der Waals surface area contributed by atoms with Crippen molar-refractivity contribution < 1.29 is 14.6 Å². The largest absolute Gasteiger partial charge is 0.497 e. The Kier molecular flexibility index (Phi) is 3.91. The van der Waals surface area contributed by atoms with Gasteiger partial charge in [-0.25, -0.2) is 9.78 Å². The molecule has 0 atom stereocenters. The third-order valence-electron chi connectivity index (χ3n) is 2.38. The third kappa shape index (κ3) is 3.17. The number of carboxylic acids is 1. The molecule has 6 heteroatoms. The quantitative estimate of drug-likeness (QED) is 0.892. The van der Waals surface area contributed by atoms with Gasteiger partial charge in [-0.15, -0.1) is 0 Å². The number of hydrogen-bond donors (Lipinski definition) is 2. The maximum absolute atomic E-state index is 10.9. The Hall–Kier alpha value is -2.21. The van der Waals surface area contributed by atoms with Crippen LogP contribution in [0.5, 0.6) is 5.75 Å². The molecular formula is C13H12N2O3S. The van der Waals surface area contributed by atoms with Crippen molar-refractivity contribution in [1.82, 2.24) is 4.98 Å². The van der Waals surface area contributed by atoms with Crippen LogP contribution in [0, 0.1) is 0 Å². The SMILES string of the molecule is COc1ccc(Sc2nc(C(=O)O)ccc2N)cc1. The number of ether oxygens (including phenoxy) is 1. The number of pyridine rings is 1. The van der Waals surface area contributed by atoms with Gasteiger partial charge < -0.3 is 15.6 Å². The molecule has 0 spiro atoms. The second kappa shape index (κ2) is 5.62. The van der Waals surface area contributed by atoms with Crippen LogP contribution in [-0.4, -0.2) is 23.2 Å². The number of rotatable bonds is 4. The molecule has 0 amide bonds. The minimum absolute atomic E-state index is 0.0230. The van der Waals surface area contributed by atoms with E-state index in [1.807, 2.05) is 24.3 Å². The zero-order valence-electron chi connectivity index (χ0n) is 10.2. The molecule has 1 aromatic carbocycles. The van der Waals surface area contributed by atoms with Crippen molar-refractivity contribution in [3.8, 4) is 5.75 Å². The topological polar surface area (TPSA) is 85.4 Å². The average Bonchev–Trinajstić information content (AvgIpc) is 2.42. The fourth-order valence-electron chi connectivity index (χ4n) is 1.41. The number of anilines is 1. The van der Waals surface area contributed by atoms with Gasteiger partial charge in [-0.1, -0.05) is 11.8 Å². The maximum Gasteiger partial charge on any atom is 0.354 e. The Morgan fingerprint density at radius 1 is 1.26 bits per heavy atom. The predicted molar refractivity (Wildman–Crippen MR) is 72.7 cm³/mol. The van der Waals surface area contributed by atoms with Gasteiger partial charge in [-0.3, -0.25) is 0 Å². The molecule has 3 N–H and O–H groups in total. The van der Waals surface area contributed by atoms with Crippen molar-refractivity contribution in [3.63, 3.8) is 0 Å². The summed E-state index contributed by atoms with van der Waals surface area (Å²) < 4.78 is 5.07. The summed E-state index contributed by atoms with van der Waals surface area (Å²) in [6.07, 6.45) is 0. The van der Waals surface area contributed by atoms with Crippen molar-refractivity contribution >= 4 is 23.4 Å². The Morgan fingerprint density at radius 2 is 1.95 bits per heavy atom. The minimum Gasteiger partial charge on any atom is -0.497 e. The Morgan fingerprint density at radius 3 is 2.53 bits per heavy atom. The van der Waals surface area contributed by atoms with E-state index >= 15 is 0 Å². The van der Waals surface area contributed by atoms with Crippen molar-refractivity contribution in [2.45, 2.75) is 9.92 Å². The number of benzene rings is 1. The maximum atomic E-state index is 10.9. The van der Waals surface area contributed by atoms with Gasteiger partial charge in [0, 0.05) is 4.90 Å². The molecule has 1 aromatic heterocycles. The molecule has 5 nitrogen and oxygen atoms in total. The second-order valence-electron chi connectivity index (χ2n) is 3.67. The number of carboxylic acid groups (broad SMARTS) is 1. The number of aromatic carboxylic acids is 1. The molecule has 2 aromatic rings. The normalized spacial score (nSPS) is 10.2. The minimum atomic E-state index is -1.07. The van der Waals surface area contributed by atoms with Crippen molar-refractivity contribution in [2.75, 3.05) is 12.8 Å². The highest BCUT2D eigenvalue weighted by Crippen LogP contribution is 2.31. The van der Waals surface area contributed by atoms with E-state index in [0.717, 1.165) is 10.6 Å². The lowest BCUT2D eigenvalue weighted by Crippen LogP contribution is -2.02. The van der Waals surface area contributed by atoms with E-state index in [9.17, 15) is 4.79 Å². The van der Waals surface area contributed by atoms with Crippen LogP contribution in [0.4, 0.5) is 5.69 Å². The number of aromatic nitrogens is 1. The van der Waals surface area contributed by atoms with Gasteiger partial charge in [0.2, 0.25) is 0 Å². The molecule has 0 aliphatic carbocycles. The van der Waals surface area contributed by atoms with E-state index in [1.54, 1.807) is 13.2 Å². The van der Waals surface area contributed by atoms with E-state index in [0.29, 0.717) is 10.7 Å². The van der Waals surface area contributed by atoms with Crippen LogP contribution < -0.4 is 10.5 Å². The first-order valence-electron chi connectivity index (χ1n) is 5.42. The summed E-state index contributed by atoms with van der Waals surface area (Å²) in [5.41, 5.74) is 6.22. The summed E-state index contributed by atoms with van der Waals surface area (Å²) in [7, 11) is 1.60. The first-order valence-corrected chi connectivity index (χ1v) is 6.23. The lowest BCUT2D eigenvalue weighted by molar-refractivity contribution is 0.0690. The van der Waals surface area contributed by atoms with Crippen molar-refractivity contribution in [2.24, 2.45) is 0 Å². The highest BCUT2D eigenvalue weighted by atomic mass is 32.2. The molecule has 0 fully saturated rings. The molecule has 0 saturated carbocycles. The van der Waals surface area contributed by atoms with E-state index in [4.69, 9.17) is 15.6 Å². The zero-order valence-corrected chi connectivity index (χ0v) is 11.0.